The Morgan fingerprint density at radius 1 is 1.00 bits per heavy atom. The summed E-state index contributed by atoms with van der Waals surface area (Å²) in [6, 6.07) is 18.0. The molecule has 0 aliphatic carbocycles. The summed E-state index contributed by atoms with van der Waals surface area (Å²) >= 11 is 0. The minimum absolute atomic E-state index is 0.140. The Hall–Kier alpha value is -2.66. The number of carbonyl (C=O) groups is 2. The molecule has 0 fully saturated rings. The molecule has 2 aromatic rings. The molecule has 5 nitrogen and oxygen atoms in total. The lowest BCUT2D eigenvalue weighted by atomic mass is 9.94. The first-order valence-corrected chi connectivity index (χ1v) is 8.25. The Bertz CT molecular complexity index is 689. The Labute approximate surface area is 148 Å². The number of carbonyl (C=O) groups excluding carboxylic acids is 2. The highest BCUT2D eigenvalue weighted by molar-refractivity contribution is 5.79. The zero-order valence-corrected chi connectivity index (χ0v) is 14.5. The van der Waals surface area contributed by atoms with E-state index in [2.05, 4.69) is 5.32 Å². The summed E-state index contributed by atoms with van der Waals surface area (Å²) in [4.78, 5) is 24.4. The maximum atomic E-state index is 12.5. The number of hydrogen-bond acceptors (Lipinski definition) is 4. The van der Waals surface area contributed by atoms with E-state index in [9.17, 15) is 9.59 Å². The van der Waals surface area contributed by atoms with Crippen molar-refractivity contribution >= 4 is 11.9 Å². The first-order chi connectivity index (χ1) is 12.0. The molecule has 0 bridgehead atoms. The second kappa shape index (κ2) is 8.99. The number of nitrogens with one attached hydrogen (secondary N) is 1. The van der Waals surface area contributed by atoms with Gasteiger partial charge in [-0.1, -0.05) is 60.7 Å². The van der Waals surface area contributed by atoms with E-state index in [1.807, 2.05) is 60.7 Å². The van der Waals surface area contributed by atoms with Gasteiger partial charge in [-0.2, -0.15) is 0 Å². The highest BCUT2D eigenvalue weighted by Gasteiger charge is 2.28. The van der Waals surface area contributed by atoms with Crippen LogP contribution in [0, 0.1) is 5.92 Å². The van der Waals surface area contributed by atoms with E-state index < -0.39 is 18.0 Å². The fourth-order valence-corrected chi connectivity index (χ4v) is 2.73. The van der Waals surface area contributed by atoms with Crippen LogP contribution in [0.3, 0.4) is 0 Å². The zero-order valence-electron chi connectivity index (χ0n) is 14.5. The van der Waals surface area contributed by atoms with Crippen molar-refractivity contribution in [2.75, 3.05) is 7.11 Å². The van der Waals surface area contributed by atoms with E-state index in [1.165, 1.54) is 7.11 Å². The summed E-state index contributed by atoms with van der Waals surface area (Å²) in [7, 11) is 1.34. The standard InChI is InChI=1S/C20H24N2O3/c1-14(20(24)25-2)19(16-11-7-4-8-12-16)22-18(23)13-17(21)15-9-5-3-6-10-15/h3-12,14,17,19H,13,21H2,1-2H3,(H,22,23). The first kappa shape index (κ1) is 18.7. The molecule has 3 atom stereocenters. The predicted molar refractivity (Wildman–Crippen MR) is 96.5 cm³/mol. The highest BCUT2D eigenvalue weighted by atomic mass is 16.5. The Morgan fingerprint density at radius 2 is 1.52 bits per heavy atom. The van der Waals surface area contributed by atoms with Crippen molar-refractivity contribution in [2.24, 2.45) is 11.7 Å². The largest absolute Gasteiger partial charge is 0.469 e. The smallest absolute Gasteiger partial charge is 0.310 e. The molecule has 3 unspecified atom stereocenters. The summed E-state index contributed by atoms with van der Waals surface area (Å²) in [5.41, 5.74) is 7.87. The molecule has 0 radical (unpaired) electrons. The van der Waals surface area contributed by atoms with E-state index in [0.29, 0.717) is 0 Å². The Kier molecular flexibility index (Phi) is 6.71. The van der Waals surface area contributed by atoms with Crippen molar-refractivity contribution in [3.05, 3.63) is 71.8 Å². The molecule has 0 aliphatic rings. The number of hydrogen-bond donors (Lipinski definition) is 2. The van der Waals surface area contributed by atoms with Crippen molar-refractivity contribution in [3.8, 4) is 0 Å². The molecular weight excluding hydrogens is 316 g/mol. The van der Waals surface area contributed by atoms with Crippen molar-refractivity contribution < 1.29 is 14.3 Å². The van der Waals surface area contributed by atoms with Gasteiger partial charge in [-0.25, -0.2) is 0 Å². The van der Waals surface area contributed by atoms with Crippen LogP contribution in [0.5, 0.6) is 0 Å². The number of esters is 1. The van der Waals surface area contributed by atoms with Crippen LogP contribution in [0.2, 0.25) is 0 Å². The average Bonchev–Trinajstić information content (AvgIpc) is 2.66. The fraction of sp³-hybridized carbons (Fsp3) is 0.300. The quantitative estimate of drug-likeness (QED) is 0.759. The van der Waals surface area contributed by atoms with Crippen LogP contribution in [-0.2, 0) is 14.3 Å². The Morgan fingerprint density at radius 3 is 2.04 bits per heavy atom. The van der Waals surface area contributed by atoms with Gasteiger partial charge in [0.1, 0.15) is 0 Å². The second-order valence-electron chi connectivity index (χ2n) is 5.99. The molecule has 2 rings (SSSR count). The van der Waals surface area contributed by atoms with Crippen molar-refractivity contribution in [1.29, 1.82) is 0 Å². The minimum atomic E-state index is -0.510. The molecular formula is C20H24N2O3. The SMILES string of the molecule is COC(=O)C(C)C(NC(=O)CC(N)c1ccccc1)c1ccccc1. The van der Waals surface area contributed by atoms with Gasteiger partial charge in [0.05, 0.1) is 19.1 Å². The third-order valence-corrected chi connectivity index (χ3v) is 4.18. The third-order valence-electron chi connectivity index (χ3n) is 4.18. The van der Waals surface area contributed by atoms with E-state index in [0.717, 1.165) is 11.1 Å². The van der Waals surface area contributed by atoms with E-state index in [1.54, 1.807) is 6.92 Å². The topological polar surface area (TPSA) is 81.4 Å². The molecule has 0 saturated heterocycles. The van der Waals surface area contributed by atoms with Gasteiger partial charge in [0, 0.05) is 12.5 Å². The van der Waals surface area contributed by atoms with Crippen LogP contribution < -0.4 is 11.1 Å². The predicted octanol–water partition coefficient (Wildman–Crippen LogP) is 2.74. The van der Waals surface area contributed by atoms with Gasteiger partial charge in [-0.05, 0) is 18.1 Å². The van der Waals surface area contributed by atoms with Crippen LogP contribution in [0.15, 0.2) is 60.7 Å². The molecule has 1 amide bonds. The van der Waals surface area contributed by atoms with Crippen LogP contribution in [0.1, 0.15) is 36.6 Å². The zero-order chi connectivity index (χ0) is 18.2. The molecule has 5 heteroatoms. The van der Waals surface area contributed by atoms with E-state index >= 15 is 0 Å². The molecule has 0 spiro atoms. The molecule has 2 aromatic carbocycles. The molecule has 0 aromatic heterocycles. The summed E-state index contributed by atoms with van der Waals surface area (Å²) < 4.78 is 4.83. The average molecular weight is 340 g/mol. The molecule has 3 N–H and O–H groups in total. The summed E-state index contributed by atoms with van der Waals surface area (Å²) in [6.45, 7) is 1.74. The van der Waals surface area contributed by atoms with Gasteiger partial charge in [0.15, 0.2) is 0 Å². The number of ether oxygens (including phenoxy) is 1. The van der Waals surface area contributed by atoms with Crippen molar-refractivity contribution in [1.82, 2.24) is 5.32 Å². The number of amides is 1. The molecule has 0 heterocycles. The van der Waals surface area contributed by atoms with Gasteiger partial charge in [0.2, 0.25) is 5.91 Å². The molecule has 0 aliphatic heterocycles. The van der Waals surface area contributed by atoms with Crippen LogP contribution >= 0.6 is 0 Å². The van der Waals surface area contributed by atoms with Gasteiger partial charge >= 0.3 is 5.97 Å². The lowest BCUT2D eigenvalue weighted by molar-refractivity contribution is -0.146. The summed E-state index contributed by atoms with van der Waals surface area (Å²) in [6.07, 6.45) is 0.140. The van der Waals surface area contributed by atoms with Gasteiger partial charge < -0.3 is 15.8 Å². The van der Waals surface area contributed by atoms with Gasteiger partial charge in [-0.3, -0.25) is 9.59 Å². The van der Waals surface area contributed by atoms with Gasteiger partial charge in [0.25, 0.3) is 0 Å². The maximum absolute atomic E-state index is 12.5. The molecule has 0 saturated carbocycles. The summed E-state index contributed by atoms with van der Waals surface area (Å²) in [5.74, 6) is -1.09. The maximum Gasteiger partial charge on any atom is 0.310 e. The lowest BCUT2D eigenvalue weighted by Gasteiger charge is -2.24. The summed E-state index contributed by atoms with van der Waals surface area (Å²) in [5, 5.41) is 2.93. The number of nitrogens with two attached hydrogens (primary N) is 1. The fourth-order valence-electron chi connectivity index (χ4n) is 2.73. The Balaban J connectivity index is 2.10. The number of rotatable bonds is 7. The number of benzene rings is 2. The van der Waals surface area contributed by atoms with E-state index in [-0.39, 0.29) is 18.3 Å². The van der Waals surface area contributed by atoms with Crippen molar-refractivity contribution in [3.63, 3.8) is 0 Å². The molecule has 132 valence electrons. The van der Waals surface area contributed by atoms with Gasteiger partial charge in [-0.15, -0.1) is 0 Å². The molecule has 25 heavy (non-hydrogen) atoms. The van der Waals surface area contributed by atoms with Crippen LogP contribution in [-0.4, -0.2) is 19.0 Å². The first-order valence-electron chi connectivity index (χ1n) is 8.25. The second-order valence-corrected chi connectivity index (χ2v) is 5.99. The normalized spacial score (nSPS) is 14.2. The monoisotopic (exact) mass is 340 g/mol. The van der Waals surface area contributed by atoms with Crippen LogP contribution in [0.25, 0.3) is 0 Å². The highest BCUT2D eigenvalue weighted by Crippen LogP contribution is 2.24. The minimum Gasteiger partial charge on any atom is -0.469 e. The van der Waals surface area contributed by atoms with Crippen molar-refractivity contribution in [2.45, 2.75) is 25.4 Å². The van der Waals surface area contributed by atoms with Crippen LogP contribution in [0.4, 0.5) is 0 Å². The van der Waals surface area contributed by atoms with E-state index in [4.69, 9.17) is 10.5 Å². The third kappa shape index (κ3) is 5.16. The lowest BCUT2D eigenvalue weighted by Crippen LogP contribution is -2.37. The number of methoxy groups -OCH3 is 1.